The maximum Gasteiger partial charge on any atom is 0.290 e. The highest BCUT2D eigenvalue weighted by atomic mass is 35.5. The molecule has 3 N–H and O–H groups in total. The molecule has 0 spiro atoms. The van der Waals surface area contributed by atoms with E-state index in [2.05, 4.69) is 21.1 Å². The minimum Gasteiger partial charge on any atom is -0.351 e. The molecule has 1 aliphatic rings. The summed E-state index contributed by atoms with van der Waals surface area (Å²) in [5, 5.41) is 13.0. The third-order valence-corrected chi connectivity index (χ3v) is 7.56. The molecule has 0 radical (unpaired) electrons. The summed E-state index contributed by atoms with van der Waals surface area (Å²) in [6.45, 7) is 4.11. The Kier molecular flexibility index (Phi) is 10.6. The zero-order valence-corrected chi connectivity index (χ0v) is 22.2. The van der Waals surface area contributed by atoms with Crippen LogP contribution in [0.25, 0.3) is 0 Å². The second kappa shape index (κ2) is 13.7. The number of carbonyl (C=O) groups is 3. The highest BCUT2D eigenvalue weighted by Gasteiger charge is 2.32. The van der Waals surface area contributed by atoms with Gasteiger partial charge in [-0.2, -0.15) is 0 Å². The van der Waals surface area contributed by atoms with Crippen molar-refractivity contribution in [2.24, 2.45) is 11.8 Å². The third-order valence-electron chi connectivity index (χ3n) is 6.82. The summed E-state index contributed by atoms with van der Waals surface area (Å²) in [4.78, 5) is 39.2. The molecule has 1 aromatic heterocycles. The quantitative estimate of drug-likeness (QED) is 0.378. The van der Waals surface area contributed by atoms with Crippen molar-refractivity contribution in [1.29, 1.82) is 0 Å². The molecule has 1 fully saturated rings. The lowest BCUT2D eigenvalue weighted by atomic mass is 9.84. The molecule has 36 heavy (non-hydrogen) atoms. The van der Waals surface area contributed by atoms with Crippen LogP contribution >= 0.6 is 23.2 Å². The number of nitrogens with one attached hydrogen (secondary N) is 3. The van der Waals surface area contributed by atoms with Crippen molar-refractivity contribution in [2.75, 3.05) is 0 Å². The Balaban J connectivity index is 1.69. The van der Waals surface area contributed by atoms with Crippen molar-refractivity contribution in [1.82, 2.24) is 21.1 Å². The van der Waals surface area contributed by atoms with E-state index in [1.807, 2.05) is 13.8 Å². The number of amides is 3. The molecule has 1 saturated carbocycles. The first-order valence-corrected chi connectivity index (χ1v) is 13.3. The van der Waals surface area contributed by atoms with Gasteiger partial charge in [-0.3, -0.25) is 14.4 Å². The van der Waals surface area contributed by atoms with Crippen LogP contribution in [0, 0.1) is 11.8 Å². The normalized spacial score (nSPS) is 16.6. The number of benzene rings is 1. The monoisotopic (exact) mass is 536 g/mol. The molecule has 3 amide bonds. The Bertz CT molecular complexity index is 1020. The fraction of sp³-hybridized carbons (Fsp3) is 0.538. The van der Waals surface area contributed by atoms with E-state index in [0.29, 0.717) is 28.8 Å². The smallest absolute Gasteiger partial charge is 0.290 e. The average Bonchev–Trinajstić information content (AvgIpc) is 3.43. The van der Waals surface area contributed by atoms with E-state index in [-0.39, 0.29) is 30.0 Å². The van der Waals surface area contributed by atoms with Crippen LogP contribution in [-0.2, 0) is 16.1 Å². The van der Waals surface area contributed by atoms with Crippen LogP contribution in [0.15, 0.2) is 35.0 Å². The molecule has 0 saturated heterocycles. The molecular formula is C26H34Cl2N4O4. The Morgan fingerprint density at radius 2 is 1.81 bits per heavy atom. The highest BCUT2D eigenvalue weighted by Crippen LogP contribution is 2.28. The number of halogens is 2. The number of nitrogens with zero attached hydrogens (tertiary/aromatic N) is 1. The molecule has 0 aliphatic heterocycles. The van der Waals surface area contributed by atoms with Gasteiger partial charge in [-0.25, -0.2) is 0 Å². The topological polar surface area (TPSA) is 113 Å². The first-order chi connectivity index (χ1) is 17.3. The number of rotatable bonds is 11. The zero-order valence-electron chi connectivity index (χ0n) is 20.7. The van der Waals surface area contributed by atoms with Gasteiger partial charge in [0.05, 0.1) is 16.2 Å². The Morgan fingerprint density at radius 1 is 1.06 bits per heavy atom. The first-order valence-electron chi connectivity index (χ1n) is 12.5. The van der Waals surface area contributed by atoms with Crippen molar-refractivity contribution in [2.45, 2.75) is 77.4 Å². The summed E-state index contributed by atoms with van der Waals surface area (Å²) >= 11 is 12.1. The van der Waals surface area contributed by atoms with E-state index in [9.17, 15) is 14.4 Å². The molecule has 0 unspecified atom stereocenters. The van der Waals surface area contributed by atoms with Crippen LogP contribution in [0.2, 0.25) is 10.0 Å². The lowest BCUT2D eigenvalue weighted by molar-refractivity contribution is -0.131. The summed E-state index contributed by atoms with van der Waals surface area (Å²) in [7, 11) is 0. The molecule has 1 aliphatic carbocycles. The maximum absolute atomic E-state index is 13.4. The number of aromatic nitrogens is 1. The summed E-state index contributed by atoms with van der Waals surface area (Å²) in [5.41, 5.74) is 0.793. The fourth-order valence-electron chi connectivity index (χ4n) is 4.45. The molecule has 196 valence electrons. The van der Waals surface area contributed by atoms with Gasteiger partial charge in [0.1, 0.15) is 12.1 Å². The van der Waals surface area contributed by atoms with Crippen molar-refractivity contribution < 1.29 is 18.9 Å². The molecule has 1 aromatic carbocycles. The summed E-state index contributed by atoms with van der Waals surface area (Å²) < 4.78 is 4.96. The van der Waals surface area contributed by atoms with Gasteiger partial charge >= 0.3 is 0 Å². The highest BCUT2D eigenvalue weighted by molar-refractivity contribution is 6.42. The Morgan fingerprint density at radius 3 is 2.44 bits per heavy atom. The third kappa shape index (κ3) is 7.96. The largest absolute Gasteiger partial charge is 0.351 e. The van der Waals surface area contributed by atoms with Crippen molar-refractivity contribution in [3.05, 3.63) is 51.8 Å². The van der Waals surface area contributed by atoms with Crippen molar-refractivity contribution in [3.8, 4) is 0 Å². The van der Waals surface area contributed by atoms with Gasteiger partial charge in [-0.05, 0) is 36.0 Å². The van der Waals surface area contributed by atoms with Crippen LogP contribution in [0.5, 0.6) is 0 Å². The van der Waals surface area contributed by atoms with Crippen molar-refractivity contribution in [3.63, 3.8) is 0 Å². The van der Waals surface area contributed by atoms with Gasteiger partial charge < -0.3 is 20.5 Å². The fourth-order valence-corrected chi connectivity index (χ4v) is 4.78. The average molecular weight is 537 g/mol. The second-order valence-corrected chi connectivity index (χ2v) is 10.3. The molecule has 8 nitrogen and oxygen atoms in total. The van der Waals surface area contributed by atoms with E-state index in [0.717, 1.165) is 31.2 Å². The van der Waals surface area contributed by atoms with Gasteiger partial charge in [-0.1, -0.05) is 86.8 Å². The van der Waals surface area contributed by atoms with Gasteiger partial charge in [0.15, 0.2) is 0 Å². The molecular weight excluding hydrogens is 503 g/mol. The number of hydrogen-bond acceptors (Lipinski definition) is 5. The van der Waals surface area contributed by atoms with Gasteiger partial charge in [0, 0.05) is 12.6 Å². The van der Waals surface area contributed by atoms with Crippen LogP contribution in [0.3, 0.4) is 0 Å². The Hall–Kier alpha value is -2.58. The SMILES string of the molecule is CC[C@H](C)[C@H](NC(=O)[C@H](CC1CCCCC1)NC(=O)c1ccno1)C(=O)NCc1ccc(Cl)c(Cl)c1. The summed E-state index contributed by atoms with van der Waals surface area (Å²) in [6.07, 6.45) is 8.01. The minimum absolute atomic E-state index is 0.0364. The maximum atomic E-state index is 13.4. The summed E-state index contributed by atoms with van der Waals surface area (Å²) in [5.74, 6) is -0.954. The standard InChI is InChI=1S/C26H34Cl2N4O4/c1-3-16(2)23(26(35)29-15-18-9-10-19(27)20(28)13-18)32-24(33)21(14-17-7-5-4-6-8-17)31-25(34)22-11-12-30-36-22/h9-13,16-17,21,23H,3-8,14-15H2,1-2H3,(H,29,35)(H,31,34)(H,32,33)/t16-,21-,23-/m0/s1. The van der Waals surface area contributed by atoms with Gasteiger partial charge in [-0.15, -0.1) is 0 Å². The Labute approximate surface area is 221 Å². The molecule has 0 bridgehead atoms. The molecule has 2 aromatic rings. The van der Waals surface area contributed by atoms with Crippen LogP contribution in [-0.4, -0.2) is 35.0 Å². The molecule has 1 heterocycles. The molecule has 10 heteroatoms. The predicted molar refractivity (Wildman–Crippen MR) is 139 cm³/mol. The van der Waals surface area contributed by atoms with Crippen LogP contribution in [0.1, 0.15) is 74.9 Å². The minimum atomic E-state index is -0.792. The molecule has 3 atom stereocenters. The van der Waals surface area contributed by atoms with Gasteiger partial charge in [0.2, 0.25) is 17.6 Å². The lowest BCUT2D eigenvalue weighted by Crippen LogP contribution is -2.56. The lowest BCUT2D eigenvalue weighted by Gasteiger charge is -2.29. The van der Waals surface area contributed by atoms with E-state index < -0.39 is 18.0 Å². The van der Waals surface area contributed by atoms with E-state index in [1.54, 1.807) is 18.2 Å². The molecule has 3 rings (SSSR count). The van der Waals surface area contributed by atoms with E-state index in [1.165, 1.54) is 18.7 Å². The van der Waals surface area contributed by atoms with Crippen LogP contribution in [0.4, 0.5) is 0 Å². The van der Waals surface area contributed by atoms with Crippen LogP contribution < -0.4 is 16.0 Å². The summed E-state index contributed by atoms with van der Waals surface area (Å²) in [6, 6.07) is 5.04. The van der Waals surface area contributed by atoms with Gasteiger partial charge in [0.25, 0.3) is 5.91 Å². The number of hydrogen-bond donors (Lipinski definition) is 3. The van der Waals surface area contributed by atoms with E-state index >= 15 is 0 Å². The second-order valence-electron chi connectivity index (χ2n) is 9.48. The zero-order chi connectivity index (χ0) is 26.1. The predicted octanol–water partition coefficient (Wildman–Crippen LogP) is 4.90. The van der Waals surface area contributed by atoms with Crippen molar-refractivity contribution >= 4 is 40.9 Å². The number of carbonyl (C=O) groups excluding carboxylic acids is 3. The first kappa shape index (κ1) is 28.0. The van der Waals surface area contributed by atoms with E-state index in [4.69, 9.17) is 27.7 Å².